The van der Waals surface area contributed by atoms with Crippen LogP contribution >= 0.6 is 0 Å². The summed E-state index contributed by atoms with van der Waals surface area (Å²) in [6, 6.07) is 9.60. The zero-order valence-electron chi connectivity index (χ0n) is 12.3. The zero-order valence-corrected chi connectivity index (χ0v) is 12.3. The summed E-state index contributed by atoms with van der Waals surface area (Å²) >= 11 is 0. The first-order valence-corrected chi connectivity index (χ1v) is 7.46. The molecule has 0 saturated carbocycles. The van der Waals surface area contributed by atoms with Crippen molar-refractivity contribution >= 4 is 11.7 Å². The predicted octanol–water partition coefficient (Wildman–Crippen LogP) is 2.75. The van der Waals surface area contributed by atoms with Gasteiger partial charge in [-0.1, -0.05) is 12.1 Å². The Morgan fingerprint density at radius 2 is 2.05 bits per heavy atom. The van der Waals surface area contributed by atoms with Crippen LogP contribution in [0.2, 0.25) is 0 Å². The molecule has 2 heterocycles. The van der Waals surface area contributed by atoms with E-state index in [-0.39, 0.29) is 5.91 Å². The maximum Gasteiger partial charge on any atom is 0.251 e. The van der Waals surface area contributed by atoms with Crippen molar-refractivity contribution in [2.24, 2.45) is 0 Å². The molecule has 5 heteroatoms. The Hall–Kier alpha value is -2.43. The van der Waals surface area contributed by atoms with Crippen LogP contribution in [0.4, 0.5) is 10.2 Å². The lowest BCUT2D eigenvalue weighted by Crippen LogP contribution is -2.23. The summed E-state index contributed by atoms with van der Waals surface area (Å²) < 4.78 is 13.1. The topological polar surface area (TPSA) is 45.2 Å². The van der Waals surface area contributed by atoms with Crippen LogP contribution in [0.5, 0.6) is 0 Å². The average Bonchev–Trinajstić information content (AvgIpc) is 3.07. The second-order valence-corrected chi connectivity index (χ2v) is 5.41. The van der Waals surface area contributed by atoms with Crippen LogP contribution in [-0.4, -0.2) is 24.0 Å². The fraction of sp³-hybridized carbons (Fsp3) is 0.294. The Kier molecular flexibility index (Phi) is 4.32. The van der Waals surface area contributed by atoms with E-state index in [1.807, 2.05) is 12.1 Å². The lowest BCUT2D eigenvalue weighted by Gasteiger charge is -2.16. The molecule has 1 amide bonds. The van der Waals surface area contributed by atoms with Gasteiger partial charge in [-0.3, -0.25) is 4.79 Å². The molecular formula is C17H18FN3O. The van der Waals surface area contributed by atoms with Gasteiger partial charge < -0.3 is 10.2 Å². The molecule has 1 fully saturated rings. The number of hydrogen-bond acceptors (Lipinski definition) is 3. The lowest BCUT2D eigenvalue weighted by atomic mass is 10.2. The summed E-state index contributed by atoms with van der Waals surface area (Å²) in [4.78, 5) is 18.6. The molecular weight excluding hydrogens is 281 g/mol. The first kappa shape index (κ1) is 14.5. The van der Waals surface area contributed by atoms with Crippen LogP contribution in [0.1, 0.15) is 28.8 Å². The van der Waals surface area contributed by atoms with Gasteiger partial charge in [-0.25, -0.2) is 9.37 Å². The average molecular weight is 299 g/mol. The lowest BCUT2D eigenvalue weighted by molar-refractivity contribution is 0.0950. The Labute approximate surface area is 129 Å². The van der Waals surface area contributed by atoms with E-state index in [9.17, 15) is 9.18 Å². The van der Waals surface area contributed by atoms with Crippen molar-refractivity contribution in [3.8, 4) is 0 Å². The standard InChI is InChI=1S/C17H18FN3O/c18-15-5-3-4-14(10-15)17(22)20-12-13-6-7-16(19-11-13)21-8-1-2-9-21/h3-7,10-11H,1-2,8-9,12H2,(H,20,22). The summed E-state index contributed by atoms with van der Waals surface area (Å²) in [5.41, 5.74) is 1.24. The molecule has 0 spiro atoms. The van der Waals surface area contributed by atoms with Crippen molar-refractivity contribution in [2.45, 2.75) is 19.4 Å². The highest BCUT2D eigenvalue weighted by molar-refractivity contribution is 5.94. The van der Waals surface area contributed by atoms with Crippen molar-refractivity contribution < 1.29 is 9.18 Å². The molecule has 114 valence electrons. The number of carbonyl (C=O) groups excluding carboxylic acids is 1. The Morgan fingerprint density at radius 1 is 1.23 bits per heavy atom. The molecule has 4 nitrogen and oxygen atoms in total. The molecule has 1 N–H and O–H groups in total. The van der Waals surface area contributed by atoms with Gasteiger partial charge in [-0.2, -0.15) is 0 Å². The van der Waals surface area contributed by atoms with Crippen LogP contribution in [-0.2, 0) is 6.54 Å². The minimum absolute atomic E-state index is 0.289. The first-order valence-electron chi connectivity index (χ1n) is 7.46. The van der Waals surface area contributed by atoms with Gasteiger partial charge >= 0.3 is 0 Å². The molecule has 1 aliphatic rings. The maximum absolute atomic E-state index is 13.1. The number of rotatable bonds is 4. The number of amides is 1. The van der Waals surface area contributed by atoms with Crippen LogP contribution in [0, 0.1) is 5.82 Å². The van der Waals surface area contributed by atoms with Gasteiger partial charge in [-0.15, -0.1) is 0 Å². The van der Waals surface area contributed by atoms with Crippen LogP contribution < -0.4 is 10.2 Å². The maximum atomic E-state index is 13.1. The van der Waals surface area contributed by atoms with E-state index < -0.39 is 5.82 Å². The van der Waals surface area contributed by atoms with Crippen molar-refractivity contribution in [1.29, 1.82) is 0 Å². The first-order chi connectivity index (χ1) is 10.7. The number of anilines is 1. The summed E-state index contributed by atoms with van der Waals surface area (Å²) in [5.74, 6) is 0.283. The molecule has 0 aliphatic carbocycles. The number of halogens is 1. The molecule has 0 bridgehead atoms. The van der Waals surface area contributed by atoms with E-state index in [4.69, 9.17) is 0 Å². The van der Waals surface area contributed by atoms with Crippen LogP contribution in [0.3, 0.4) is 0 Å². The predicted molar refractivity (Wildman–Crippen MR) is 83.3 cm³/mol. The normalized spacial score (nSPS) is 14.1. The largest absolute Gasteiger partial charge is 0.357 e. The molecule has 2 aromatic rings. The van der Waals surface area contributed by atoms with Crippen molar-refractivity contribution in [2.75, 3.05) is 18.0 Å². The molecule has 1 aromatic carbocycles. The molecule has 0 radical (unpaired) electrons. The van der Waals surface area contributed by atoms with Crippen LogP contribution in [0.15, 0.2) is 42.6 Å². The van der Waals surface area contributed by atoms with Gasteiger partial charge in [0.25, 0.3) is 5.91 Å². The number of benzene rings is 1. The molecule has 0 atom stereocenters. The van der Waals surface area contributed by atoms with Crippen LogP contribution in [0.25, 0.3) is 0 Å². The second kappa shape index (κ2) is 6.56. The highest BCUT2D eigenvalue weighted by Crippen LogP contribution is 2.17. The van der Waals surface area contributed by atoms with Gasteiger partial charge in [0.05, 0.1) is 0 Å². The van der Waals surface area contributed by atoms with E-state index in [1.165, 1.54) is 31.0 Å². The summed E-state index contributed by atoms with van der Waals surface area (Å²) in [5, 5.41) is 2.77. The number of carbonyl (C=O) groups is 1. The molecule has 3 rings (SSSR count). The van der Waals surface area contributed by atoms with Crippen molar-refractivity contribution in [3.05, 3.63) is 59.5 Å². The fourth-order valence-electron chi connectivity index (χ4n) is 2.57. The molecule has 22 heavy (non-hydrogen) atoms. The SMILES string of the molecule is O=C(NCc1ccc(N2CCCC2)nc1)c1cccc(F)c1. The third-order valence-electron chi connectivity index (χ3n) is 3.78. The van der Waals surface area contributed by atoms with Gasteiger partial charge in [-0.05, 0) is 42.7 Å². The number of nitrogens with one attached hydrogen (secondary N) is 1. The highest BCUT2D eigenvalue weighted by atomic mass is 19.1. The summed E-state index contributed by atoms with van der Waals surface area (Å²) in [6.45, 7) is 2.49. The summed E-state index contributed by atoms with van der Waals surface area (Å²) in [7, 11) is 0. The molecule has 0 unspecified atom stereocenters. The molecule has 1 aromatic heterocycles. The number of pyridine rings is 1. The third kappa shape index (κ3) is 3.42. The van der Waals surface area contributed by atoms with E-state index in [1.54, 1.807) is 12.3 Å². The van der Waals surface area contributed by atoms with Gasteiger partial charge in [0.1, 0.15) is 11.6 Å². The summed E-state index contributed by atoms with van der Waals surface area (Å²) in [6.07, 6.45) is 4.21. The van der Waals surface area contributed by atoms with Gasteiger partial charge in [0.2, 0.25) is 0 Å². The third-order valence-corrected chi connectivity index (χ3v) is 3.78. The number of hydrogen-bond donors (Lipinski definition) is 1. The Bertz CT molecular complexity index is 651. The smallest absolute Gasteiger partial charge is 0.251 e. The van der Waals surface area contributed by atoms with Gasteiger partial charge in [0, 0.05) is 31.4 Å². The monoisotopic (exact) mass is 299 g/mol. The number of nitrogens with zero attached hydrogens (tertiary/aromatic N) is 2. The zero-order chi connectivity index (χ0) is 15.4. The molecule has 1 saturated heterocycles. The van der Waals surface area contributed by atoms with Crippen molar-refractivity contribution in [3.63, 3.8) is 0 Å². The minimum atomic E-state index is -0.413. The minimum Gasteiger partial charge on any atom is -0.357 e. The highest BCUT2D eigenvalue weighted by Gasteiger charge is 2.13. The van der Waals surface area contributed by atoms with E-state index in [0.717, 1.165) is 24.5 Å². The van der Waals surface area contributed by atoms with Crippen molar-refractivity contribution in [1.82, 2.24) is 10.3 Å². The van der Waals surface area contributed by atoms with E-state index in [2.05, 4.69) is 15.2 Å². The van der Waals surface area contributed by atoms with E-state index in [0.29, 0.717) is 12.1 Å². The fourth-order valence-corrected chi connectivity index (χ4v) is 2.57. The Morgan fingerprint density at radius 3 is 2.73 bits per heavy atom. The Balaban J connectivity index is 1.58. The quantitative estimate of drug-likeness (QED) is 0.944. The molecule has 1 aliphatic heterocycles. The number of aromatic nitrogens is 1. The van der Waals surface area contributed by atoms with E-state index >= 15 is 0 Å². The second-order valence-electron chi connectivity index (χ2n) is 5.41. The van der Waals surface area contributed by atoms with Gasteiger partial charge in [0.15, 0.2) is 0 Å².